The normalized spacial score (nSPS) is 10.5. The largest absolute Gasteiger partial charge is 0.343 e. The van der Waals surface area contributed by atoms with Gasteiger partial charge in [0, 0.05) is 27.2 Å². The number of para-hydroxylation sites is 1. The van der Waals surface area contributed by atoms with Gasteiger partial charge in [-0.1, -0.05) is 24.3 Å². The molecule has 0 unspecified atom stereocenters. The summed E-state index contributed by atoms with van der Waals surface area (Å²) in [6.45, 7) is 4.63. The fourth-order valence-electron chi connectivity index (χ4n) is 1.49. The molecule has 1 aromatic carbocycles. The van der Waals surface area contributed by atoms with Gasteiger partial charge in [-0.3, -0.25) is 0 Å². The molecule has 1 aromatic heterocycles. The average molecular weight is 283 g/mol. The van der Waals surface area contributed by atoms with Gasteiger partial charge >= 0.3 is 0 Å². The second-order valence-corrected chi connectivity index (χ2v) is 4.10. The molecule has 2 aromatic rings. The van der Waals surface area contributed by atoms with Gasteiger partial charge in [0.05, 0.1) is 0 Å². The summed E-state index contributed by atoms with van der Waals surface area (Å²) in [5.41, 5.74) is 1.28. The highest BCUT2D eigenvalue weighted by Gasteiger charge is 2.02. The van der Waals surface area contributed by atoms with Crippen molar-refractivity contribution in [3.05, 3.63) is 46.7 Å². The van der Waals surface area contributed by atoms with Crippen molar-refractivity contribution in [2.24, 2.45) is 0 Å². The van der Waals surface area contributed by atoms with Gasteiger partial charge in [0.2, 0.25) is 0 Å². The number of allylic oxidation sites excluding steroid dienone is 1. The molecular weight excluding hydrogens is 273 g/mol. The molecule has 2 rings (SSSR count). The fourth-order valence-corrected chi connectivity index (χ4v) is 2.28. The molecule has 0 bridgehead atoms. The van der Waals surface area contributed by atoms with E-state index in [1.807, 2.05) is 6.08 Å². The summed E-state index contributed by atoms with van der Waals surface area (Å²) in [5.74, 6) is 0. The second-order valence-electron chi connectivity index (χ2n) is 2.94. The lowest BCUT2D eigenvalue weighted by atomic mass is 10.2. The van der Waals surface area contributed by atoms with E-state index >= 15 is 0 Å². The zero-order valence-electron chi connectivity index (χ0n) is 7.20. The van der Waals surface area contributed by atoms with E-state index in [1.54, 1.807) is 0 Å². The number of fused-ring (bicyclic) bond motifs is 1. The SMILES string of the molecule is C=CCn1cc(I)c2ccccc21. The summed E-state index contributed by atoms with van der Waals surface area (Å²) in [4.78, 5) is 0. The first-order valence-corrected chi connectivity index (χ1v) is 5.25. The van der Waals surface area contributed by atoms with Crippen molar-refractivity contribution >= 4 is 33.5 Å². The summed E-state index contributed by atoms with van der Waals surface area (Å²) in [6, 6.07) is 8.43. The number of hydrogen-bond acceptors (Lipinski definition) is 0. The molecule has 0 aliphatic rings. The number of halogens is 1. The van der Waals surface area contributed by atoms with Crippen LogP contribution in [0.15, 0.2) is 43.1 Å². The van der Waals surface area contributed by atoms with E-state index in [1.165, 1.54) is 14.5 Å². The Hall–Kier alpha value is -0.770. The van der Waals surface area contributed by atoms with Crippen molar-refractivity contribution in [1.82, 2.24) is 4.57 Å². The van der Waals surface area contributed by atoms with Crippen molar-refractivity contribution in [2.45, 2.75) is 6.54 Å². The Kier molecular flexibility index (Phi) is 2.40. The minimum Gasteiger partial charge on any atom is -0.343 e. The maximum atomic E-state index is 3.75. The van der Waals surface area contributed by atoms with Crippen molar-refractivity contribution in [3.8, 4) is 0 Å². The zero-order valence-corrected chi connectivity index (χ0v) is 9.36. The van der Waals surface area contributed by atoms with E-state index in [9.17, 15) is 0 Å². The lowest BCUT2D eigenvalue weighted by molar-refractivity contribution is 0.863. The predicted octanol–water partition coefficient (Wildman–Crippen LogP) is 3.43. The highest BCUT2D eigenvalue weighted by Crippen LogP contribution is 2.22. The lowest BCUT2D eigenvalue weighted by Crippen LogP contribution is -1.90. The van der Waals surface area contributed by atoms with Crippen molar-refractivity contribution in [3.63, 3.8) is 0 Å². The first kappa shape index (κ1) is 8.81. The molecular formula is C11H10IN. The summed E-state index contributed by atoms with van der Waals surface area (Å²) >= 11 is 2.36. The van der Waals surface area contributed by atoms with E-state index in [4.69, 9.17) is 0 Å². The minimum atomic E-state index is 0.878. The first-order chi connectivity index (χ1) is 6.33. The lowest BCUT2D eigenvalue weighted by Gasteiger charge is -1.98. The van der Waals surface area contributed by atoms with Crippen LogP contribution in [0.4, 0.5) is 0 Å². The molecule has 0 saturated heterocycles. The van der Waals surface area contributed by atoms with Crippen LogP contribution in [0.3, 0.4) is 0 Å². The highest BCUT2D eigenvalue weighted by molar-refractivity contribution is 14.1. The minimum absolute atomic E-state index is 0.878. The second kappa shape index (κ2) is 3.54. The van der Waals surface area contributed by atoms with E-state index in [0.717, 1.165) is 6.54 Å². The summed E-state index contributed by atoms with van der Waals surface area (Å²) < 4.78 is 3.51. The molecule has 1 nitrogen and oxygen atoms in total. The molecule has 1 heterocycles. The van der Waals surface area contributed by atoms with Gasteiger partial charge in [-0.05, 0) is 28.7 Å². The van der Waals surface area contributed by atoms with Crippen LogP contribution in [0, 0.1) is 3.57 Å². The van der Waals surface area contributed by atoms with Crippen molar-refractivity contribution < 1.29 is 0 Å². The van der Waals surface area contributed by atoms with Crippen LogP contribution in [-0.2, 0) is 6.54 Å². The van der Waals surface area contributed by atoms with E-state index in [-0.39, 0.29) is 0 Å². The number of benzene rings is 1. The van der Waals surface area contributed by atoms with Gasteiger partial charge in [0.25, 0.3) is 0 Å². The van der Waals surface area contributed by atoms with E-state index < -0.39 is 0 Å². The van der Waals surface area contributed by atoms with E-state index in [2.05, 4.69) is 64.2 Å². The standard InChI is InChI=1S/C11H10IN/c1-2-7-13-8-10(12)9-5-3-4-6-11(9)13/h2-6,8H,1,7H2. The third-order valence-corrected chi connectivity index (χ3v) is 2.93. The van der Waals surface area contributed by atoms with Crippen LogP contribution < -0.4 is 0 Å². The molecule has 0 atom stereocenters. The predicted molar refractivity (Wildman–Crippen MR) is 64.9 cm³/mol. The van der Waals surface area contributed by atoms with E-state index in [0.29, 0.717) is 0 Å². The van der Waals surface area contributed by atoms with Gasteiger partial charge in [-0.25, -0.2) is 0 Å². The zero-order chi connectivity index (χ0) is 9.26. The van der Waals surface area contributed by atoms with Crippen molar-refractivity contribution in [1.29, 1.82) is 0 Å². The van der Waals surface area contributed by atoms with Crippen LogP contribution in [-0.4, -0.2) is 4.57 Å². The quantitative estimate of drug-likeness (QED) is 0.588. The Morgan fingerprint density at radius 1 is 1.38 bits per heavy atom. The molecule has 2 heteroatoms. The average Bonchev–Trinajstić information content (AvgIpc) is 2.46. The van der Waals surface area contributed by atoms with Crippen LogP contribution in [0.25, 0.3) is 10.9 Å². The number of rotatable bonds is 2. The molecule has 0 N–H and O–H groups in total. The highest BCUT2D eigenvalue weighted by atomic mass is 127. The molecule has 0 aliphatic heterocycles. The molecule has 0 saturated carbocycles. The van der Waals surface area contributed by atoms with Crippen LogP contribution >= 0.6 is 22.6 Å². The first-order valence-electron chi connectivity index (χ1n) is 4.17. The van der Waals surface area contributed by atoms with Gasteiger partial charge in [0.1, 0.15) is 0 Å². The molecule has 66 valence electrons. The molecule has 13 heavy (non-hydrogen) atoms. The Morgan fingerprint density at radius 3 is 2.92 bits per heavy atom. The smallest absolute Gasteiger partial charge is 0.0494 e. The molecule has 0 spiro atoms. The van der Waals surface area contributed by atoms with Crippen LogP contribution in [0.2, 0.25) is 0 Å². The fraction of sp³-hybridized carbons (Fsp3) is 0.0909. The third-order valence-electron chi connectivity index (χ3n) is 2.07. The molecule has 0 amide bonds. The van der Waals surface area contributed by atoms with Gasteiger partial charge < -0.3 is 4.57 Å². The Morgan fingerprint density at radius 2 is 2.15 bits per heavy atom. The monoisotopic (exact) mass is 283 g/mol. The summed E-state index contributed by atoms with van der Waals surface area (Å²) in [6.07, 6.45) is 4.08. The topological polar surface area (TPSA) is 4.93 Å². The Labute approximate surface area is 91.2 Å². The van der Waals surface area contributed by atoms with Gasteiger partial charge in [-0.2, -0.15) is 0 Å². The summed E-state index contributed by atoms with van der Waals surface area (Å²) in [5, 5.41) is 1.32. The number of hydrogen-bond donors (Lipinski definition) is 0. The van der Waals surface area contributed by atoms with Crippen LogP contribution in [0.1, 0.15) is 0 Å². The number of aromatic nitrogens is 1. The summed E-state index contributed by atoms with van der Waals surface area (Å²) in [7, 11) is 0. The van der Waals surface area contributed by atoms with Gasteiger partial charge in [0.15, 0.2) is 0 Å². The van der Waals surface area contributed by atoms with Crippen molar-refractivity contribution in [2.75, 3.05) is 0 Å². The molecule has 0 fully saturated rings. The number of nitrogens with zero attached hydrogens (tertiary/aromatic N) is 1. The van der Waals surface area contributed by atoms with Crippen LogP contribution in [0.5, 0.6) is 0 Å². The molecule has 0 aliphatic carbocycles. The maximum absolute atomic E-state index is 3.75. The maximum Gasteiger partial charge on any atom is 0.0494 e. The van der Waals surface area contributed by atoms with Gasteiger partial charge in [-0.15, -0.1) is 6.58 Å². The Balaban J connectivity index is 2.70. The third kappa shape index (κ3) is 1.50. The Bertz CT molecular complexity index is 442. The molecule has 0 radical (unpaired) electrons.